The smallest absolute Gasteiger partial charge is 0.0958 e. The average Bonchev–Trinajstić information content (AvgIpc) is 2.80. The van der Waals surface area contributed by atoms with Gasteiger partial charge < -0.3 is 9.88 Å². The van der Waals surface area contributed by atoms with Gasteiger partial charge >= 0.3 is 0 Å². The van der Waals surface area contributed by atoms with Gasteiger partial charge in [-0.2, -0.15) is 0 Å². The third-order valence-electron chi connectivity index (χ3n) is 4.79. The summed E-state index contributed by atoms with van der Waals surface area (Å²) in [6, 6.07) is 9.12. The van der Waals surface area contributed by atoms with Crippen LogP contribution in [-0.2, 0) is 6.54 Å². The third-order valence-corrected chi connectivity index (χ3v) is 4.79. The van der Waals surface area contributed by atoms with Crippen molar-refractivity contribution in [1.29, 1.82) is 0 Å². The maximum Gasteiger partial charge on any atom is 0.0958 e. The minimum atomic E-state index is 0.745. The molecule has 1 heterocycles. The Kier molecular flexibility index (Phi) is 4.91. The molecular weight excluding hydrogens is 258 g/mol. The maximum atomic E-state index is 4.45. The standard InChI is InChI=1S/C18H27N3/c1-15-6-4-7-16(11-10-15)19-12-5-13-21-14-20-17-8-2-3-9-18(17)21/h2-3,8-9,14-16,19H,4-7,10-13H2,1H3. The highest BCUT2D eigenvalue weighted by atomic mass is 15.0. The number of para-hydroxylation sites is 2. The first-order valence-corrected chi connectivity index (χ1v) is 8.46. The fraction of sp³-hybridized carbons (Fsp3) is 0.611. The summed E-state index contributed by atoms with van der Waals surface area (Å²) in [6.45, 7) is 4.56. The molecule has 1 aromatic carbocycles. The summed E-state index contributed by atoms with van der Waals surface area (Å²) in [6.07, 6.45) is 10.1. The Bertz CT molecular complexity index is 560. The number of aryl methyl sites for hydroxylation is 1. The van der Waals surface area contributed by atoms with Gasteiger partial charge in [-0.05, 0) is 50.3 Å². The first-order valence-electron chi connectivity index (χ1n) is 8.46. The molecule has 21 heavy (non-hydrogen) atoms. The Morgan fingerprint density at radius 3 is 3.05 bits per heavy atom. The zero-order valence-electron chi connectivity index (χ0n) is 13.1. The Morgan fingerprint density at radius 2 is 2.10 bits per heavy atom. The van der Waals surface area contributed by atoms with E-state index in [1.165, 1.54) is 44.0 Å². The molecule has 0 bridgehead atoms. The summed E-state index contributed by atoms with van der Waals surface area (Å²) >= 11 is 0. The van der Waals surface area contributed by atoms with Gasteiger partial charge in [0.1, 0.15) is 0 Å². The summed E-state index contributed by atoms with van der Waals surface area (Å²) in [5.41, 5.74) is 2.35. The number of nitrogens with zero attached hydrogens (tertiary/aromatic N) is 2. The first-order chi connectivity index (χ1) is 10.3. The van der Waals surface area contributed by atoms with Crippen molar-refractivity contribution >= 4 is 11.0 Å². The molecule has 2 unspecified atom stereocenters. The lowest BCUT2D eigenvalue weighted by molar-refractivity contribution is 0.438. The van der Waals surface area contributed by atoms with Gasteiger partial charge in [-0.15, -0.1) is 0 Å². The molecule has 1 saturated carbocycles. The number of imidazole rings is 1. The number of rotatable bonds is 5. The van der Waals surface area contributed by atoms with Gasteiger partial charge in [0, 0.05) is 12.6 Å². The quantitative estimate of drug-likeness (QED) is 0.665. The zero-order chi connectivity index (χ0) is 14.5. The zero-order valence-corrected chi connectivity index (χ0v) is 13.1. The number of aromatic nitrogens is 2. The summed E-state index contributed by atoms with van der Waals surface area (Å²) in [4.78, 5) is 4.45. The second-order valence-electron chi connectivity index (χ2n) is 6.54. The second kappa shape index (κ2) is 7.08. The molecule has 1 aromatic heterocycles. The van der Waals surface area contributed by atoms with Crippen LogP contribution in [0.1, 0.15) is 45.4 Å². The molecule has 0 radical (unpaired) electrons. The summed E-state index contributed by atoms with van der Waals surface area (Å²) in [5, 5.41) is 3.76. The predicted molar refractivity (Wildman–Crippen MR) is 88.4 cm³/mol. The fourth-order valence-electron chi connectivity index (χ4n) is 3.44. The van der Waals surface area contributed by atoms with Crippen molar-refractivity contribution in [3.63, 3.8) is 0 Å². The van der Waals surface area contributed by atoms with Crippen LogP contribution in [0.4, 0.5) is 0 Å². The molecule has 2 atom stereocenters. The largest absolute Gasteiger partial charge is 0.331 e. The van der Waals surface area contributed by atoms with E-state index in [0.717, 1.165) is 30.6 Å². The highest BCUT2D eigenvalue weighted by molar-refractivity contribution is 5.74. The Labute approximate surface area is 127 Å². The van der Waals surface area contributed by atoms with Crippen LogP contribution in [0.2, 0.25) is 0 Å². The molecule has 0 aliphatic heterocycles. The van der Waals surface area contributed by atoms with E-state index in [1.807, 2.05) is 12.4 Å². The maximum absolute atomic E-state index is 4.45. The first kappa shape index (κ1) is 14.6. The van der Waals surface area contributed by atoms with Gasteiger partial charge in [0.2, 0.25) is 0 Å². The lowest BCUT2D eigenvalue weighted by Crippen LogP contribution is -2.29. The topological polar surface area (TPSA) is 29.9 Å². The molecule has 0 saturated heterocycles. The molecule has 114 valence electrons. The highest BCUT2D eigenvalue weighted by Gasteiger charge is 2.15. The number of hydrogen-bond donors (Lipinski definition) is 1. The molecule has 3 nitrogen and oxygen atoms in total. The van der Waals surface area contributed by atoms with Crippen LogP contribution in [0.25, 0.3) is 11.0 Å². The van der Waals surface area contributed by atoms with E-state index in [-0.39, 0.29) is 0 Å². The Balaban J connectivity index is 1.44. The van der Waals surface area contributed by atoms with Gasteiger partial charge in [-0.25, -0.2) is 4.98 Å². The SMILES string of the molecule is CC1CCCC(NCCCn2cnc3ccccc32)CC1. The van der Waals surface area contributed by atoms with E-state index >= 15 is 0 Å². The minimum Gasteiger partial charge on any atom is -0.331 e. The van der Waals surface area contributed by atoms with Crippen molar-refractivity contribution < 1.29 is 0 Å². The van der Waals surface area contributed by atoms with Gasteiger partial charge in [-0.3, -0.25) is 0 Å². The molecule has 1 fully saturated rings. The van der Waals surface area contributed by atoms with Crippen LogP contribution in [-0.4, -0.2) is 22.1 Å². The van der Waals surface area contributed by atoms with Crippen molar-refractivity contribution in [1.82, 2.24) is 14.9 Å². The molecule has 3 heteroatoms. The molecule has 1 aliphatic carbocycles. The van der Waals surface area contributed by atoms with Crippen molar-refractivity contribution in [3.8, 4) is 0 Å². The van der Waals surface area contributed by atoms with Crippen molar-refractivity contribution in [2.45, 2.75) is 58.0 Å². The lowest BCUT2D eigenvalue weighted by Gasteiger charge is -2.16. The van der Waals surface area contributed by atoms with Crippen molar-refractivity contribution in [3.05, 3.63) is 30.6 Å². The van der Waals surface area contributed by atoms with Gasteiger partial charge in [0.15, 0.2) is 0 Å². The number of hydrogen-bond acceptors (Lipinski definition) is 2. The molecule has 1 aliphatic rings. The van der Waals surface area contributed by atoms with Crippen LogP contribution in [0, 0.1) is 5.92 Å². The van der Waals surface area contributed by atoms with E-state index < -0.39 is 0 Å². The Morgan fingerprint density at radius 1 is 1.19 bits per heavy atom. The molecule has 0 spiro atoms. The third kappa shape index (κ3) is 3.85. The molecule has 2 aromatic rings. The molecule has 1 N–H and O–H groups in total. The predicted octanol–water partition coefficient (Wildman–Crippen LogP) is 3.98. The van der Waals surface area contributed by atoms with E-state index in [1.54, 1.807) is 0 Å². The van der Waals surface area contributed by atoms with Crippen LogP contribution < -0.4 is 5.32 Å². The normalized spacial score (nSPS) is 23.3. The summed E-state index contributed by atoms with van der Waals surface area (Å²) in [7, 11) is 0. The monoisotopic (exact) mass is 285 g/mol. The van der Waals surface area contributed by atoms with E-state index in [0.29, 0.717) is 0 Å². The molecular formula is C18H27N3. The summed E-state index contributed by atoms with van der Waals surface area (Å²) in [5.74, 6) is 0.925. The molecule has 0 amide bonds. The van der Waals surface area contributed by atoms with Crippen LogP contribution in [0.15, 0.2) is 30.6 Å². The summed E-state index contributed by atoms with van der Waals surface area (Å²) < 4.78 is 2.27. The van der Waals surface area contributed by atoms with Crippen molar-refractivity contribution in [2.75, 3.05) is 6.54 Å². The van der Waals surface area contributed by atoms with Crippen molar-refractivity contribution in [2.24, 2.45) is 5.92 Å². The molecule has 3 rings (SSSR count). The van der Waals surface area contributed by atoms with Crippen LogP contribution in [0.3, 0.4) is 0 Å². The van der Waals surface area contributed by atoms with Crippen LogP contribution >= 0.6 is 0 Å². The van der Waals surface area contributed by atoms with E-state index in [4.69, 9.17) is 0 Å². The van der Waals surface area contributed by atoms with E-state index in [9.17, 15) is 0 Å². The number of nitrogens with one attached hydrogen (secondary N) is 1. The number of benzene rings is 1. The van der Waals surface area contributed by atoms with E-state index in [2.05, 4.69) is 40.0 Å². The lowest BCUT2D eigenvalue weighted by atomic mass is 10.0. The number of fused-ring (bicyclic) bond motifs is 1. The Hall–Kier alpha value is -1.35. The highest BCUT2D eigenvalue weighted by Crippen LogP contribution is 2.22. The van der Waals surface area contributed by atoms with Gasteiger partial charge in [0.05, 0.1) is 17.4 Å². The second-order valence-corrected chi connectivity index (χ2v) is 6.54. The van der Waals surface area contributed by atoms with Gasteiger partial charge in [-0.1, -0.05) is 31.9 Å². The minimum absolute atomic E-state index is 0.745. The fourth-order valence-corrected chi connectivity index (χ4v) is 3.44. The van der Waals surface area contributed by atoms with Gasteiger partial charge in [0.25, 0.3) is 0 Å². The average molecular weight is 285 g/mol. The van der Waals surface area contributed by atoms with Crippen LogP contribution in [0.5, 0.6) is 0 Å².